The van der Waals surface area contributed by atoms with Gasteiger partial charge in [0.15, 0.2) is 0 Å². The Labute approximate surface area is 191 Å². The second-order valence-electron chi connectivity index (χ2n) is 8.04. The largest absolute Gasteiger partial charge is 0.508 e. The number of amides is 2. The molecule has 5 rings (SSSR count). The van der Waals surface area contributed by atoms with E-state index in [-0.39, 0.29) is 29.4 Å². The number of phenols is 1. The third-order valence-corrected chi connectivity index (χ3v) is 5.62. The first-order chi connectivity index (χ1) is 16.0. The van der Waals surface area contributed by atoms with Gasteiger partial charge in [0.05, 0.1) is 11.8 Å². The SMILES string of the molecule is C/C=C/c1[nH]c2cc(NC(=O)C3CC3c3ccc(O)cc3)cc3c2c1C=NNC3=O.C=CC. The molecule has 168 valence electrons. The number of anilines is 1. The molecule has 7 nitrogen and oxygen atoms in total. The summed E-state index contributed by atoms with van der Waals surface area (Å²) in [5.74, 6) is -0.162. The Morgan fingerprint density at radius 3 is 2.67 bits per heavy atom. The van der Waals surface area contributed by atoms with Gasteiger partial charge in [-0.2, -0.15) is 5.10 Å². The smallest absolute Gasteiger partial charge is 0.272 e. The van der Waals surface area contributed by atoms with Crippen LogP contribution in [0.1, 0.15) is 53.4 Å². The molecule has 1 aromatic heterocycles. The van der Waals surface area contributed by atoms with Gasteiger partial charge in [0.1, 0.15) is 5.75 Å². The van der Waals surface area contributed by atoms with Gasteiger partial charge < -0.3 is 15.4 Å². The zero-order valence-corrected chi connectivity index (χ0v) is 18.6. The van der Waals surface area contributed by atoms with Crippen LogP contribution in [0.25, 0.3) is 17.0 Å². The van der Waals surface area contributed by atoms with E-state index < -0.39 is 0 Å². The summed E-state index contributed by atoms with van der Waals surface area (Å²) in [6.45, 7) is 7.17. The number of rotatable bonds is 4. The molecular weight excluding hydrogens is 416 g/mol. The van der Waals surface area contributed by atoms with Gasteiger partial charge in [-0.25, -0.2) is 5.43 Å². The highest BCUT2D eigenvalue weighted by atomic mass is 16.3. The molecule has 0 radical (unpaired) electrons. The van der Waals surface area contributed by atoms with E-state index in [2.05, 4.69) is 27.4 Å². The summed E-state index contributed by atoms with van der Waals surface area (Å²) in [6, 6.07) is 10.5. The fourth-order valence-corrected chi connectivity index (χ4v) is 4.09. The molecular formula is C26H26N4O3. The van der Waals surface area contributed by atoms with E-state index in [0.717, 1.165) is 34.1 Å². The summed E-state index contributed by atoms with van der Waals surface area (Å²) in [5.41, 5.74) is 7.04. The molecule has 0 saturated heterocycles. The maximum atomic E-state index is 12.8. The number of nitrogens with zero attached hydrogens (tertiary/aromatic N) is 1. The number of H-pyrrole nitrogens is 1. The van der Waals surface area contributed by atoms with Gasteiger partial charge in [0, 0.05) is 33.8 Å². The van der Waals surface area contributed by atoms with Crippen molar-refractivity contribution in [2.45, 2.75) is 26.2 Å². The van der Waals surface area contributed by atoms with E-state index in [1.807, 2.05) is 44.2 Å². The quantitative estimate of drug-likeness (QED) is 0.431. The lowest BCUT2D eigenvalue weighted by Gasteiger charge is -2.08. The Morgan fingerprint density at radius 2 is 1.97 bits per heavy atom. The minimum atomic E-state index is -0.314. The van der Waals surface area contributed by atoms with Crippen LogP contribution in [0.3, 0.4) is 0 Å². The predicted molar refractivity (Wildman–Crippen MR) is 132 cm³/mol. The van der Waals surface area contributed by atoms with Crippen LogP contribution >= 0.6 is 0 Å². The Hall–Kier alpha value is -4.13. The summed E-state index contributed by atoms with van der Waals surface area (Å²) >= 11 is 0. The molecule has 1 aliphatic heterocycles. The van der Waals surface area contributed by atoms with Crippen LogP contribution in [0.4, 0.5) is 5.69 Å². The van der Waals surface area contributed by atoms with E-state index in [9.17, 15) is 14.7 Å². The van der Waals surface area contributed by atoms with Gasteiger partial charge in [0.25, 0.3) is 5.91 Å². The Morgan fingerprint density at radius 1 is 1.24 bits per heavy atom. The van der Waals surface area contributed by atoms with Crippen molar-refractivity contribution in [3.8, 4) is 5.75 Å². The van der Waals surface area contributed by atoms with Gasteiger partial charge in [-0.15, -0.1) is 6.58 Å². The molecule has 4 N–H and O–H groups in total. The molecule has 7 heteroatoms. The van der Waals surface area contributed by atoms with Gasteiger partial charge in [-0.3, -0.25) is 9.59 Å². The number of carbonyl (C=O) groups excluding carboxylic acids is 2. The average Bonchev–Trinajstić information content (AvgIpc) is 3.54. The molecule has 1 saturated carbocycles. The average molecular weight is 443 g/mol. The van der Waals surface area contributed by atoms with Crippen LogP contribution in [-0.2, 0) is 4.79 Å². The Balaban J connectivity index is 0.000000821. The highest BCUT2D eigenvalue weighted by Gasteiger charge is 2.44. The number of carbonyl (C=O) groups is 2. The number of hydrazone groups is 1. The number of allylic oxidation sites excluding steroid dienone is 2. The van der Waals surface area contributed by atoms with Crippen molar-refractivity contribution < 1.29 is 14.7 Å². The summed E-state index contributed by atoms with van der Waals surface area (Å²) < 4.78 is 0. The normalized spacial score (nSPS) is 18.3. The number of aromatic amines is 1. The molecule has 2 amide bonds. The number of nitrogens with one attached hydrogen (secondary N) is 3. The molecule has 0 bridgehead atoms. The summed E-state index contributed by atoms with van der Waals surface area (Å²) in [4.78, 5) is 28.6. The highest BCUT2D eigenvalue weighted by molar-refractivity contribution is 6.17. The predicted octanol–water partition coefficient (Wildman–Crippen LogP) is 4.92. The summed E-state index contributed by atoms with van der Waals surface area (Å²) in [5, 5.41) is 17.2. The number of benzene rings is 2. The minimum Gasteiger partial charge on any atom is -0.508 e. The fourth-order valence-electron chi connectivity index (χ4n) is 4.09. The highest BCUT2D eigenvalue weighted by Crippen LogP contribution is 2.48. The molecule has 1 aliphatic carbocycles. The van der Waals surface area contributed by atoms with E-state index >= 15 is 0 Å². The molecule has 0 spiro atoms. The van der Waals surface area contributed by atoms with Crippen LogP contribution in [0.2, 0.25) is 0 Å². The van der Waals surface area contributed by atoms with Crippen LogP contribution in [0.5, 0.6) is 5.75 Å². The van der Waals surface area contributed by atoms with Crippen LogP contribution in [0, 0.1) is 5.92 Å². The van der Waals surface area contributed by atoms with Crippen molar-refractivity contribution in [1.29, 1.82) is 0 Å². The second kappa shape index (κ2) is 9.16. The standard InChI is InChI=1S/C23H20N4O3.C3H6/c1-2-3-19-18-11-24-27-23(30)17-8-13(9-20(26-19)21(17)18)25-22(29)16-10-15(16)12-4-6-14(28)7-5-12;1-3-2/h2-9,11,15-16,26,28H,10H2,1H3,(H,25,29)(H,27,30);3H,1H2,2H3/b3-2+;. The lowest BCUT2D eigenvalue weighted by molar-refractivity contribution is -0.117. The van der Waals surface area contributed by atoms with Crippen molar-refractivity contribution in [2.24, 2.45) is 11.0 Å². The van der Waals surface area contributed by atoms with Crippen molar-refractivity contribution in [2.75, 3.05) is 5.32 Å². The number of aromatic hydroxyl groups is 1. The first-order valence-electron chi connectivity index (χ1n) is 10.8. The molecule has 3 aromatic rings. The van der Waals surface area contributed by atoms with Crippen LogP contribution in [-0.4, -0.2) is 28.1 Å². The first-order valence-corrected chi connectivity index (χ1v) is 10.8. The maximum absolute atomic E-state index is 12.8. The van der Waals surface area contributed by atoms with Crippen LogP contribution in [0.15, 0.2) is 60.2 Å². The Bertz CT molecular complexity index is 1290. The number of hydrogen-bond donors (Lipinski definition) is 4. The third-order valence-electron chi connectivity index (χ3n) is 5.62. The van der Waals surface area contributed by atoms with Gasteiger partial charge in [-0.05, 0) is 62.1 Å². The van der Waals surface area contributed by atoms with Gasteiger partial charge in [-0.1, -0.05) is 24.3 Å². The number of hydrogen-bond acceptors (Lipinski definition) is 4. The number of aromatic nitrogens is 1. The summed E-state index contributed by atoms with van der Waals surface area (Å²) in [7, 11) is 0. The number of phenolic OH excluding ortho intramolecular Hbond substituents is 1. The van der Waals surface area contributed by atoms with Crippen molar-refractivity contribution >= 4 is 40.7 Å². The molecule has 1 fully saturated rings. The molecule has 2 heterocycles. The zero-order chi connectivity index (χ0) is 23.5. The maximum Gasteiger partial charge on any atom is 0.272 e. The first kappa shape index (κ1) is 22.1. The minimum absolute atomic E-state index is 0.0784. The van der Waals surface area contributed by atoms with Gasteiger partial charge in [0.2, 0.25) is 5.91 Å². The summed E-state index contributed by atoms with van der Waals surface area (Å²) in [6.07, 6.45) is 7.98. The molecule has 2 atom stereocenters. The topological polar surface area (TPSA) is 107 Å². The van der Waals surface area contributed by atoms with Gasteiger partial charge >= 0.3 is 0 Å². The lowest BCUT2D eigenvalue weighted by atomic mass is 10.0. The lowest BCUT2D eigenvalue weighted by Crippen LogP contribution is -2.18. The molecule has 33 heavy (non-hydrogen) atoms. The van der Waals surface area contributed by atoms with E-state index in [0.29, 0.717) is 11.3 Å². The molecule has 2 unspecified atom stereocenters. The van der Waals surface area contributed by atoms with E-state index in [1.165, 1.54) is 0 Å². The molecule has 2 aliphatic rings. The zero-order valence-electron chi connectivity index (χ0n) is 18.6. The second-order valence-corrected chi connectivity index (χ2v) is 8.04. The fraction of sp³-hybridized carbons (Fsp3) is 0.192. The van der Waals surface area contributed by atoms with Crippen molar-refractivity contribution in [1.82, 2.24) is 10.4 Å². The van der Waals surface area contributed by atoms with E-state index in [4.69, 9.17) is 0 Å². The van der Waals surface area contributed by atoms with Crippen LogP contribution < -0.4 is 10.7 Å². The Kier molecular flexibility index (Phi) is 6.13. The van der Waals surface area contributed by atoms with Crippen molar-refractivity contribution in [3.63, 3.8) is 0 Å². The van der Waals surface area contributed by atoms with E-state index in [1.54, 1.807) is 30.5 Å². The van der Waals surface area contributed by atoms with Crippen molar-refractivity contribution in [3.05, 3.63) is 77.5 Å². The third kappa shape index (κ3) is 4.43. The monoisotopic (exact) mass is 442 g/mol. The molecule has 2 aromatic carbocycles.